The third kappa shape index (κ3) is 10.2. The molecule has 390 valence electrons. The Balaban J connectivity index is 0.00000660. The summed E-state index contributed by atoms with van der Waals surface area (Å²) >= 11 is 0. The summed E-state index contributed by atoms with van der Waals surface area (Å²) in [6.45, 7) is 15.4. The predicted molar refractivity (Wildman–Crippen MR) is 316 cm³/mol. The minimum Gasteiger partial charge on any atom is -0.509 e. The average molecular weight is 1220 g/mol. The van der Waals surface area contributed by atoms with Crippen molar-refractivity contribution in [2.75, 3.05) is 4.90 Å². The van der Waals surface area contributed by atoms with Crippen molar-refractivity contribution in [3.05, 3.63) is 247 Å². The first-order valence-corrected chi connectivity index (χ1v) is 26.5. The number of aromatic nitrogens is 2. The molecule has 79 heavy (non-hydrogen) atoms. The summed E-state index contributed by atoms with van der Waals surface area (Å²) in [6.07, 6.45) is 1.88. The summed E-state index contributed by atoms with van der Waals surface area (Å²) < 4.78 is 44.0. The first-order chi connectivity index (χ1) is 37.7. The number of halogens is 2. The van der Waals surface area contributed by atoms with E-state index in [0.29, 0.717) is 28.3 Å². The van der Waals surface area contributed by atoms with Crippen molar-refractivity contribution in [1.29, 1.82) is 0 Å². The topological polar surface area (TPSA) is 36.3 Å². The van der Waals surface area contributed by atoms with Gasteiger partial charge in [-0.25, -0.2) is 13.8 Å². The molecule has 0 saturated carbocycles. The van der Waals surface area contributed by atoms with Gasteiger partial charge < -0.3 is 14.2 Å². The van der Waals surface area contributed by atoms with Crippen molar-refractivity contribution in [2.45, 2.75) is 65.7 Å². The second kappa shape index (κ2) is 21.4. The zero-order valence-corrected chi connectivity index (χ0v) is 47.3. The van der Waals surface area contributed by atoms with Crippen molar-refractivity contribution in [2.24, 2.45) is 0 Å². The molecule has 1 aliphatic rings. The Labute approximate surface area is 475 Å². The van der Waals surface area contributed by atoms with Gasteiger partial charge in [0.15, 0.2) is 0 Å². The molecule has 0 saturated heterocycles. The van der Waals surface area contributed by atoms with E-state index in [4.69, 9.17) is 9.72 Å². The Morgan fingerprint density at radius 2 is 1.15 bits per heavy atom. The van der Waals surface area contributed by atoms with Gasteiger partial charge in [0.1, 0.15) is 23.1 Å². The molecule has 6 nitrogen and oxygen atoms in total. The van der Waals surface area contributed by atoms with E-state index in [2.05, 4.69) is 185 Å². The van der Waals surface area contributed by atoms with Crippen LogP contribution in [0.15, 0.2) is 206 Å². The van der Waals surface area contributed by atoms with Crippen LogP contribution in [-0.2, 0) is 26.5 Å². The smallest absolute Gasteiger partial charge is 0.509 e. The summed E-state index contributed by atoms with van der Waals surface area (Å²) in [4.78, 5) is 7.11. The molecule has 0 N–H and O–H groups in total. The van der Waals surface area contributed by atoms with Gasteiger partial charge in [-0.05, 0) is 122 Å². The summed E-state index contributed by atoms with van der Waals surface area (Å²) in [6, 6.07) is 77.0. The van der Waals surface area contributed by atoms with Gasteiger partial charge in [-0.1, -0.05) is 167 Å². The van der Waals surface area contributed by atoms with Gasteiger partial charge in [-0.15, -0.1) is 23.6 Å². The maximum Gasteiger partial charge on any atom is 2.00 e. The third-order valence-corrected chi connectivity index (χ3v) is 14.6. The molecule has 0 fully saturated rings. The number of hydrogen-bond donors (Lipinski definition) is 0. The second-order valence-electron chi connectivity index (χ2n) is 21.6. The van der Waals surface area contributed by atoms with Crippen LogP contribution < -0.4 is 18.8 Å². The van der Waals surface area contributed by atoms with Crippen molar-refractivity contribution in [3.8, 4) is 39.6 Å². The Morgan fingerprint density at radius 1 is 0.557 bits per heavy atom. The zero-order chi connectivity index (χ0) is 53.8. The van der Waals surface area contributed by atoms with Crippen molar-refractivity contribution < 1.29 is 34.6 Å². The summed E-state index contributed by atoms with van der Waals surface area (Å²) in [7, 11) is 0. The average Bonchev–Trinajstić information content (AvgIpc) is 4.22. The van der Waals surface area contributed by atoms with Crippen LogP contribution in [0.5, 0.6) is 11.5 Å². The first kappa shape index (κ1) is 52.5. The zero-order valence-electron chi connectivity index (χ0n) is 45.0. The van der Waals surface area contributed by atoms with Crippen molar-refractivity contribution in [1.82, 2.24) is 18.7 Å². The molecule has 2 aromatic heterocycles. The maximum atomic E-state index is 15.4. The molecule has 3 heterocycles. The molecule has 11 aromatic rings. The van der Waals surface area contributed by atoms with E-state index in [1.165, 1.54) is 28.8 Å². The maximum absolute atomic E-state index is 15.4. The number of fused-ring (bicyclic) bond motifs is 4. The Kier molecular flexibility index (Phi) is 14.2. The number of ether oxygens (including phenoxy) is 1. The van der Waals surface area contributed by atoms with Gasteiger partial charge >= 0.3 is 27.1 Å². The molecule has 0 unspecified atom stereocenters. The number of pyridine rings is 1. The molecule has 0 radical (unpaired) electrons. The molecular weight excluding hydrogens is 1160 g/mol. The van der Waals surface area contributed by atoms with E-state index in [1.54, 1.807) is 0 Å². The molecule has 9 heteroatoms. The van der Waals surface area contributed by atoms with Crippen LogP contribution in [0.1, 0.15) is 77.0 Å². The SMILES string of the molecule is CC(C)c1cc(-c2cccc(-c3cc(F)cc(F)c3)c2[N+]2=C=[N+](c3[c-]c(Oc4[c-]c5c(cc4)c4ccccc4n5-c4cc(C(C)(C)C)ccn4)cc(N(c4ccccc4)c4ccccc4)c3)c3ccccc32)cc(C(C)C)c1.[Pt+2]. The van der Waals surface area contributed by atoms with Crippen LogP contribution in [0.25, 0.3) is 49.9 Å². The fourth-order valence-electron chi connectivity index (χ4n) is 10.6. The van der Waals surface area contributed by atoms with Gasteiger partial charge in [0.05, 0.1) is 11.1 Å². The summed E-state index contributed by atoms with van der Waals surface area (Å²) in [5.41, 5.74) is 13.9. The fraction of sp³-hybridized carbons (Fsp3) is 0.143. The largest absolute Gasteiger partial charge is 2.00 e. The molecule has 1 aliphatic heterocycles. The molecule has 0 spiro atoms. The molecule has 12 rings (SSSR count). The number of para-hydroxylation sites is 6. The van der Waals surface area contributed by atoms with Crippen molar-refractivity contribution in [3.63, 3.8) is 0 Å². The van der Waals surface area contributed by atoms with Gasteiger partial charge in [-0.2, -0.15) is 6.07 Å². The van der Waals surface area contributed by atoms with E-state index >= 15 is 8.78 Å². The van der Waals surface area contributed by atoms with E-state index in [1.807, 2.05) is 88.1 Å². The van der Waals surface area contributed by atoms with E-state index in [9.17, 15) is 0 Å². The van der Waals surface area contributed by atoms with Crippen LogP contribution >= 0.6 is 0 Å². The fourth-order valence-corrected chi connectivity index (χ4v) is 10.6. The van der Waals surface area contributed by atoms with Crippen LogP contribution in [-0.4, -0.2) is 15.6 Å². The number of anilines is 3. The van der Waals surface area contributed by atoms with Crippen LogP contribution in [0.4, 0.5) is 48.6 Å². The molecule has 0 amide bonds. The normalized spacial score (nSPS) is 12.2. The van der Waals surface area contributed by atoms with Crippen LogP contribution in [0.2, 0.25) is 0 Å². The Hall–Kier alpha value is -8.54. The molecular formula is C70H57F2N5OPt+2. The molecule has 0 atom stereocenters. The molecule has 9 aromatic carbocycles. The van der Waals surface area contributed by atoms with E-state index in [-0.39, 0.29) is 38.3 Å². The summed E-state index contributed by atoms with van der Waals surface area (Å²) in [5.74, 6) is 0.910. The minimum absolute atomic E-state index is 0. The van der Waals surface area contributed by atoms with E-state index < -0.39 is 11.6 Å². The second-order valence-corrected chi connectivity index (χ2v) is 21.6. The van der Waals surface area contributed by atoms with Gasteiger partial charge in [0, 0.05) is 52.8 Å². The van der Waals surface area contributed by atoms with E-state index in [0.717, 1.165) is 78.9 Å². The predicted octanol–water partition coefficient (Wildman–Crippen LogP) is 19.1. The number of nitrogens with zero attached hydrogens (tertiary/aromatic N) is 5. The first-order valence-electron chi connectivity index (χ1n) is 26.5. The van der Waals surface area contributed by atoms with Crippen molar-refractivity contribution >= 4 is 67.6 Å². The number of benzene rings is 9. The van der Waals surface area contributed by atoms with Crippen LogP contribution in [0, 0.1) is 23.8 Å². The molecule has 0 aliphatic carbocycles. The van der Waals surface area contributed by atoms with Crippen LogP contribution in [0.3, 0.4) is 0 Å². The van der Waals surface area contributed by atoms with Gasteiger partial charge in [-0.3, -0.25) is 0 Å². The summed E-state index contributed by atoms with van der Waals surface area (Å²) in [5, 5.41) is 2.10. The number of hydrogen-bond acceptors (Lipinski definition) is 3. The van der Waals surface area contributed by atoms with Gasteiger partial charge in [0.25, 0.3) is 11.4 Å². The monoisotopic (exact) mass is 1220 g/mol. The molecule has 0 bridgehead atoms. The minimum atomic E-state index is -0.661. The Bertz CT molecular complexity index is 4110. The Morgan fingerprint density at radius 3 is 1.78 bits per heavy atom. The van der Waals surface area contributed by atoms with Gasteiger partial charge in [0.2, 0.25) is 5.69 Å². The standard InChI is InChI=1S/C70H57F2N5O.Pt/c1-45(2)47-33-48(46(3)4)35-49(34-47)60-24-18-25-61(50-36-52(71)39-53(72)37-50)69(60)75-44-74(65-27-16-17-28-66(65)75)56-40-57(76(54-19-10-8-11-20-54)55-21-12-9-13-22-55)42-59(41-56)78-58-29-30-63-62-23-14-15-26-64(62)77(67(63)43-58)68-38-51(31-32-73-68)70(5,6)7;/h8-40,42,45-46H,1-7H3;/q;+2. The third-order valence-electron chi connectivity index (χ3n) is 14.6. The number of rotatable bonds is 12. The quantitative estimate of drug-likeness (QED) is 0.0903.